The van der Waals surface area contributed by atoms with Crippen LogP contribution in [0.15, 0.2) is 77.6 Å². The molecule has 0 unspecified atom stereocenters. The highest BCUT2D eigenvalue weighted by Gasteiger charge is 2.39. The van der Waals surface area contributed by atoms with Gasteiger partial charge in [0.05, 0.1) is 16.6 Å². The van der Waals surface area contributed by atoms with Gasteiger partial charge >= 0.3 is 0 Å². The van der Waals surface area contributed by atoms with Crippen LogP contribution in [-0.4, -0.2) is 28.3 Å². The first-order chi connectivity index (χ1) is 18.4. The molecule has 9 heteroatoms. The van der Waals surface area contributed by atoms with E-state index in [2.05, 4.69) is 53.8 Å². The van der Waals surface area contributed by atoms with Crippen LogP contribution in [0.25, 0.3) is 43.6 Å². The molecule has 0 fully saturated rings. The summed E-state index contributed by atoms with van der Waals surface area (Å²) in [6, 6.07) is 22.9. The zero-order valence-electron chi connectivity index (χ0n) is 22.7. The Morgan fingerprint density at radius 3 is 1.92 bits per heavy atom. The van der Waals surface area contributed by atoms with Crippen LogP contribution in [0.3, 0.4) is 0 Å². The number of nitrogens with one attached hydrogen (secondary N) is 1. The van der Waals surface area contributed by atoms with E-state index in [1.54, 1.807) is 6.07 Å². The van der Waals surface area contributed by atoms with Crippen molar-refractivity contribution >= 4 is 63.6 Å². The summed E-state index contributed by atoms with van der Waals surface area (Å²) in [5.41, 5.74) is 14.8. The number of anilines is 2. The smallest absolute Gasteiger partial charge is 0.252 e. The number of hydrogen-bond acceptors (Lipinski definition) is 7. The van der Waals surface area contributed by atoms with Crippen molar-refractivity contribution in [2.75, 3.05) is 11.5 Å². The lowest BCUT2D eigenvalue weighted by molar-refractivity contribution is 0.478. The molecule has 0 amide bonds. The molecule has 4 aromatic heterocycles. The molecule has 6 aromatic rings. The quantitative estimate of drug-likeness (QED) is 0.172. The third-order valence-corrected chi connectivity index (χ3v) is 11.7. The molecule has 198 valence electrons. The molecule has 0 saturated heterocycles. The molecule has 0 atom stereocenters. The van der Waals surface area contributed by atoms with E-state index in [0.717, 1.165) is 32.6 Å². The minimum atomic E-state index is -1.93. The topological polar surface area (TPSA) is 133 Å². The fraction of sp³-hybridized carbons (Fsp3) is 0.200. The van der Waals surface area contributed by atoms with Crippen molar-refractivity contribution in [3.05, 3.63) is 83.2 Å². The Bertz CT molecular complexity index is 1910. The third-order valence-electron chi connectivity index (χ3n) is 7.32. The van der Waals surface area contributed by atoms with Crippen LogP contribution < -0.4 is 21.5 Å². The van der Waals surface area contributed by atoms with Crippen molar-refractivity contribution < 1.29 is 4.43 Å². The van der Waals surface area contributed by atoms with Gasteiger partial charge in [0.25, 0.3) is 8.32 Å². The van der Waals surface area contributed by atoms with Crippen molar-refractivity contribution in [2.45, 2.75) is 38.9 Å². The van der Waals surface area contributed by atoms with E-state index in [9.17, 15) is 4.79 Å². The molecule has 0 spiro atoms. The number of benzene rings is 2. The number of rotatable bonds is 2. The van der Waals surface area contributed by atoms with Crippen molar-refractivity contribution in [1.29, 1.82) is 0 Å². The zero-order valence-corrected chi connectivity index (χ0v) is 23.7. The first kappa shape index (κ1) is 26.1. The van der Waals surface area contributed by atoms with Gasteiger partial charge < -0.3 is 20.9 Å². The molecule has 39 heavy (non-hydrogen) atoms. The van der Waals surface area contributed by atoms with E-state index in [4.69, 9.17) is 15.9 Å². The van der Waals surface area contributed by atoms with Crippen LogP contribution in [0.1, 0.15) is 20.8 Å². The number of nitrogen functional groups attached to an aromatic ring is 2. The fourth-order valence-electron chi connectivity index (χ4n) is 4.19. The van der Waals surface area contributed by atoms with Crippen molar-refractivity contribution in [3.8, 4) is 5.88 Å². The molecule has 0 bridgehead atoms. The molecule has 0 saturated carbocycles. The summed E-state index contributed by atoms with van der Waals surface area (Å²) in [5.74, 6) is 1.43. The molecule has 5 N–H and O–H groups in total. The summed E-state index contributed by atoms with van der Waals surface area (Å²) in [5, 5.41) is 4.10. The van der Waals surface area contributed by atoms with Gasteiger partial charge in [0.2, 0.25) is 5.56 Å². The Hall–Kier alpha value is -4.50. The zero-order chi connectivity index (χ0) is 27.9. The number of aromatic nitrogens is 4. The van der Waals surface area contributed by atoms with E-state index >= 15 is 0 Å². The number of para-hydroxylation sites is 2. The van der Waals surface area contributed by atoms with E-state index < -0.39 is 8.32 Å². The average Bonchev–Trinajstić information content (AvgIpc) is 2.89. The van der Waals surface area contributed by atoms with Crippen LogP contribution in [0.5, 0.6) is 5.88 Å². The highest BCUT2D eigenvalue weighted by Crippen LogP contribution is 2.37. The molecular formula is C30H32N6O2Si. The monoisotopic (exact) mass is 536 g/mol. The number of pyridine rings is 4. The van der Waals surface area contributed by atoms with E-state index in [-0.39, 0.29) is 10.6 Å². The Balaban J connectivity index is 0.000000168. The first-order valence-electron chi connectivity index (χ1n) is 12.8. The minimum absolute atomic E-state index is 0.122. The van der Waals surface area contributed by atoms with Gasteiger partial charge in [-0.3, -0.25) is 4.79 Å². The number of H-pyrrole nitrogens is 1. The number of aromatic amines is 1. The summed E-state index contributed by atoms with van der Waals surface area (Å²) in [4.78, 5) is 27.3. The SMILES string of the molecule is CC(C)(C)[Si](C)(C)Oc1ccc2c(n1)c(N)nc1ccccc12.Nc1nc2ccccc2c2ccc(=O)[nH]c12. The number of nitrogens with two attached hydrogens (primary N) is 2. The average molecular weight is 537 g/mol. The summed E-state index contributed by atoms with van der Waals surface area (Å²) < 4.78 is 6.29. The molecule has 8 nitrogen and oxygen atoms in total. The lowest BCUT2D eigenvalue weighted by Gasteiger charge is -2.35. The Morgan fingerprint density at radius 1 is 0.718 bits per heavy atom. The van der Waals surface area contributed by atoms with Crippen molar-refractivity contribution in [2.24, 2.45) is 0 Å². The van der Waals surface area contributed by atoms with E-state index in [1.165, 1.54) is 6.07 Å². The standard InChI is InChI=1S/C18H23N3OSi.C12H9N3O/c1-18(2,3)23(4,5)22-15-11-10-13-12-8-6-7-9-14(12)20-17(19)16(13)21-15;13-12-11-8(5-6-10(16)15-11)7-3-1-2-4-9(7)14-12/h6-11H,1-5H3,(H2,19,20);1-6H,(H2,13,14)(H,15,16). The highest BCUT2D eigenvalue weighted by atomic mass is 28.4. The summed E-state index contributed by atoms with van der Waals surface area (Å²) in [6.07, 6.45) is 0. The molecule has 6 rings (SSSR count). The maximum atomic E-state index is 11.2. The van der Waals surface area contributed by atoms with Crippen LogP contribution in [0.2, 0.25) is 18.1 Å². The molecule has 4 heterocycles. The minimum Gasteiger partial charge on any atom is -0.531 e. The van der Waals surface area contributed by atoms with Gasteiger partial charge in [0, 0.05) is 27.6 Å². The van der Waals surface area contributed by atoms with Crippen LogP contribution in [0.4, 0.5) is 11.6 Å². The fourth-order valence-corrected chi connectivity index (χ4v) is 5.14. The normalized spacial score (nSPS) is 12.0. The summed E-state index contributed by atoms with van der Waals surface area (Å²) in [6.45, 7) is 11.1. The number of hydrogen-bond donors (Lipinski definition) is 3. The molecule has 0 aliphatic carbocycles. The largest absolute Gasteiger partial charge is 0.531 e. The van der Waals surface area contributed by atoms with Crippen LogP contribution in [-0.2, 0) is 0 Å². The van der Waals surface area contributed by atoms with Gasteiger partial charge in [0.1, 0.15) is 11.3 Å². The third kappa shape index (κ3) is 5.00. The van der Waals surface area contributed by atoms with Gasteiger partial charge in [-0.2, -0.15) is 0 Å². The summed E-state index contributed by atoms with van der Waals surface area (Å²) >= 11 is 0. The number of nitrogens with zero attached hydrogens (tertiary/aromatic N) is 3. The second-order valence-corrected chi connectivity index (χ2v) is 15.8. The Morgan fingerprint density at radius 2 is 1.28 bits per heavy atom. The number of fused-ring (bicyclic) bond motifs is 6. The summed E-state index contributed by atoms with van der Waals surface area (Å²) in [7, 11) is -1.93. The Kier molecular flexibility index (Phi) is 6.47. The predicted octanol–water partition coefficient (Wildman–Crippen LogP) is 6.41. The molecule has 0 aliphatic rings. The predicted molar refractivity (Wildman–Crippen MR) is 164 cm³/mol. The van der Waals surface area contributed by atoms with Crippen molar-refractivity contribution in [1.82, 2.24) is 19.9 Å². The lowest BCUT2D eigenvalue weighted by Crippen LogP contribution is -2.44. The Labute approximate surface area is 227 Å². The highest BCUT2D eigenvalue weighted by molar-refractivity contribution is 6.74. The second-order valence-electron chi connectivity index (χ2n) is 11.0. The van der Waals surface area contributed by atoms with Gasteiger partial charge in [-0.1, -0.05) is 57.2 Å². The molecule has 2 aromatic carbocycles. The van der Waals surface area contributed by atoms with Gasteiger partial charge in [0.15, 0.2) is 11.7 Å². The maximum absolute atomic E-state index is 11.2. The van der Waals surface area contributed by atoms with E-state index in [1.807, 2.05) is 60.7 Å². The first-order valence-corrected chi connectivity index (χ1v) is 15.7. The second kappa shape index (κ2) is 9.67. The van der Waals surface area contributed by atoms with Crippen LogP contribution >= 0.6 is 0 Å². The lowest BCUT2D eigenvalue weighted by atomic mass is 10.1. The van der Waals surface area contributed by atoms with Gasteiger partial charge in [-0.15, -0.1) is 0 Å². The van der Waals surface area contributed by atoms with Crippen molar-refractivity contribution in [3.63, 3.8) is 0 Å². The maximum Gasteiger partial charge on any atom is 0.252 e. The van der Waals surface area contributed by atoms with E-state index in [0.29, 0.717) is 28.5 Å². The molecule has 0 radical (unpaired) electrons. The van der Waals surface area contributed by atoms with Crippen LogP contribution in [0, 0.1) is 0 Å². The molecular weight excluding hydrogens is 504 g/mol. The van der Waals surface area contributed by atoms with Gasteiger partial charge in [-0.25, -0.2) is 15.0 Å². The molecule has 0 aliphatic heterocycles. The van der Waals surface area contributed by atoms with Gasteiger partial charge in [-0.05, 0) is 48.5 Å².